The quantitative estimate of drug-likeness (QED) is 0.313. The fraction of sp³-hybridized carbons (Fsp3) is 0.238. The first-order chi connectivity index (χ1) is 14.5. The Balaban J connectivity index is 1.76. The van der Waals surface area contributed by atoms with Crippen LogP contribution in [-0.4, -0.2) is 26.8 Å². The molecule has 2 heterocycles. The number of thiazole rings is 1. The summed E-state index contributed by atoms with van der Waals surface area (Å²) in [6.45, 7) is 5.71. The van der Waals surface area contributed by atoms with E-state index < -0.39 is 11.0 Å². The minimum Gasteiger partial charge on any atom is -0.389 e. The summed E-state index contributed by atoms with van der Waals surface area (Å²) in [6.07, 6.45) is 10.6. The number of carbonyl (C=O) groups is 1. The van der Waals surface area contributed by atoms with Crippen molar-refractivity contribution in [2.45, 2.75) is 31.6 Å². The largest absolute Gasteiger partial charge is 0.389 e. The van der Waals surface area contributed by atoms with Gasteiger partial charge in [0, 0.05) is 16.4 Å². The maximum atomic E-state index is 13.2. The minimum atomic E-state index is -0.539. The lowest BCUT2D eigenvalue weighted by Crippen LogP contribution is -2.24. The smallest absolute Gasteiger partial charge is 0.279 e. The van der Waals surface area contributed by atoms with Gasteiger partial charge in [0.05, 0.1) is 11.9 Å². The summed E-state index contributed by atoms with van der Waals surface area (Å²) in [4.78, 5) is 27.1. The summed E-state index contributed by atoms with van der Waals surface area (Å²) >= 11 is 2.50. The molecule has 1 amide bonds. The summed E-state index contributed by atoms with van der Waals surface area (Å²) in [5.41, 5.74) is 1.33. The molecule has 0 spiro atoms. The minimum absolute atomic E-state index is 0.0672. The predicted octanol–water partition coefficient (Wildman–Crippen LogP) is 5.10. The lowest BCUT2D eigenvalue weighted by molar-refractivity contribution is -0.110. The highest BCUT2D eigenvalue weighted by atomic mass is 32.2. The molecular weight excluding hydrogens is 423 g/mol. The van der Waals surface area contributed by atoms with Gasteiger partial charge < -0.3 is 4.84 Å². The highest BCUT2D eigenvalue weighted by molar-refractivity contribution is 8.04. The van der Waals surface area contributed by atoms with E-state index in [-0.39, 0.29) is 17.5 Å². The molecule has 2 aromatic heterocycles. The van der Waals surface area contributed by atoms with Crippen LogP contribution >= 0.6 is 23.1 Å². The van der Waals surface area contributed by atoms with Gasteiger partial charge in [0.2, 0.25) is 0 Å². The number of nitrogens with zero attached hydrogens (tertiary/aromatic N) is 3. The van der Waals surface area contributed by atoms with Crippen LogP contribution in [-0.2, 0) is 16.2 Å². The monoisotopic (exact) mass is 444 g/mol. The van der Waals surface area contributed by atoms with Gasteiger partial charge in [0.15, 0.2) is 22.6 Å². The van der Waals surface area contributed by atoms with Gasteiger partial charge in [-0.05, 0) is 43.5 Å². The zero-order valence-electron chi connectivity index (χ0n) is 16.4. The van der Waals surface area contributed by atoms with Crippen molar-refractivity contribution in [2.75, 3.05) is 5.32 Å². The average molecular weight is 445 g/mol. The van der Waals surface area contributed by atoms with Crippen LogP contribution in [0.2, 0.25) is 0 Å². The van der Waals surface area contributed by atoms with Crippen molar-refractivity contribution in [2.24, 2.45) is 5.16 Å². The van der Waals surface area contributed by atoms with Gasteiger partial charge in [-0.15, -0.1) is 11.8 Å². The number of rotatable bonds is 10. The van der Waals surface area contributed by atoms with Crippen LogP contribution in [0.25, 0.3) is 0 Å². The molecular formula is C21H21FN4O2S2. The van der Waals surface area contributed by atoms with E-state index in [9.17, 15) is 9.18 Å². The number of hydrogen-bond acceptors (Lipinski definition) is 7. The Morgan fingerprint density at radius 2 is 2.27 bits per heavy atom. The highest BCUT2D eigenvalue weighted by Gasteiger charge is 2.22. The zero-order chi connectivity index (χ0) is 21.3. The second-order valence-electron chi connectivity index (χ2n) is 6.40. The Kier molecular flexibility index (Phi) is 7.92. The summed E-state index contributed by atoms with van der Waals surface area (Å²) in [5.74, 6) is -0.539. The third kappa shape index (κ3) is 6.93. The molecule has 0 bridgehead atoms. The first-order valence-corrected chi connectivity index (χ1v) is 11.0. The molecule has 1 aliphatic carbocycles. The van der Waals surface area contributed by atoms with Gasteiger partial charge in [0.1, 0.15) is 0 Å². The van der Waals surface area contributed by atoms with Gasteiger partial charge in [-0.25, -0.2) is 4.98 Å². The second kappa shape index (κ2) is 10.8. The molecule has 30 heavy (non-hydrogen) atoms. The topological polar surface area (TPSA) is 76.5 Å². The maximum absolute atomic E-state index is 13.2. The molecule has 9 heteroatoms. The average Bonchev–Trinajstić information content (AvgIpc) is 3.48. The molecule has 3 rings (SSSR count). The molecule has 0 saturated heterocycles. The molecule has 0 unspecified atom stereocenters. The SMILES string of the molecule is C=C\C(=C/C=C(C)/C(=N\OCc1ccccn1)C(=O)Nc1ncc(F)s1)SC1CC1. The van der Waals surface area contributed by atoms with Crippen molar-refractivity contribution in [1.82, 2.24) is 9.97 Å². The van der Waals surface area contributed by atoms with Gasteiger partial charge in [0.25, 0.3) is 5.91 Å². The van der Waals surface area contributed by atoms with E-state index in [2.05, 4.69) is 27.0 Å². The van der Waals surface area contributed by atoms with Gasteiger partial charge in [-0.1, -0.05) is 41.3 Å². The number of hydrogen-bond donors (Lipinski definition) is 1. The van der Waals surface area contributed by atoms with Crippen LogP contribution in [0.15, 0.2) is 71.0 Å². The van der Waals surface area contributed by atoms with E-state index >= 15 is 0 Å². The zero-order valence-corrected chi connectivity index (χ0v) is 18.0. The number of halogens is 1. The van der Waals surface area contributed by atoms with Crippen molar-refractivity contribution < 1.29 is 14.0 Å². The molecule has 0 radical (unpaired) electrons. The van der Waals surface area contributed by atoms with Crippen LogP contribution < -0.4 is 5.32 Å². The van der Waals surface area contributed by atoms with E-state index in [4.69, 9.17) is 4.84 Å². The van der Waals surface area contributed by atoms with Crippen LogP contribution in [0.4, 0.5) is 9.52 Å². The predicted molar refractivity (Wildman–Crippen MR) is 120 cm³/mol. The Bertz CT molecular complexity index is 982. The van der Waals surface area contributed by atoms with E-state index in [1.54, 1.807) is 49.2 Å². The third-order valence-electron chi connectivity index (χ3n) is 3.91. The van der Waals surface area contributed by atoms with E-state index in [1.807, 2.05) is 12.1 Å². The Morgan fingerprint density at radius 3 is 2.90 bits per heavy atom. The van der Waals surface area contributed by atoms with E-state index in [0.717, 1.165) is 22.4 Å². The Morgan fingerprint density at radius 1 is 1.43 bits per heavy atom. The van der Waals surface area contributed by atoms with Crippen molar-refractivity contribution >= 4 is 39.8 Å². The Labute approximate surface area is 182 Å². The van der Waals surface area contributed by atoms with Crippen molar-refractivity contribution in [1.29, 1.82) is 0 Å². The van der Waals surface area contributed by atoms with Crippen molar-refractivity contribution in [3.63, 3.8) is 0 Å². The number of oxime groups is 1. The summed E-state index contributed by atoms with van der Waals surface area (Å²) in [7, 11) is 0. The maximum Gasteiger partial charge on any atom is 0.279 e. The van der Waals surface area contributed by atoms with Crippen LogP contribution in [0, 0.1) is 5.13 Å². The molecule has 6 nitrogen and oxygen atoms in total. The molecule has 0 aliphatic heterocycles. The number of nitrogens with one attached hydrogen (secondary N) is 1. The Hall–Kier alpha value is -2.78. The number of allylic oxidation sites excluding steroid dienone is 3. The molecule has 1 fully saturated rings. The molecule has 0 aromatic carbocycles. The fourth-order valence-corrected chi connectivity index (χ4v) is 3.77. The molecule has 2 aromatic rings. The summed E-state index contributed by atoms with van der Waals surface area (Å²) < 4.78 is 13.2. The molecule has 0 atom stereocenters. The van der Waals surface area contributed by atoms with Crippen LogP contribution in [0.5, 0.6) is 0 Å². The van der Waals surface area contributed by atoms with E-state index in [0.29, 0.717) is 16.5 Å². The van der Waals surface area contributed by atoms with Gasteiger partial charge in [-0.2, -0.15) is 4.39 Å². The third-order valence-corrected chi connectivity index (χ3v) is 5.99. The van der Waals surface area contributed by atoms with E-state index in [1.165, 1.54) is 12.8 Å². The normalized spacial score (nSPS) is 15.1. The number of aromatic nitrogens is 2. The molecule has 156 valence electrons. The van der Waals surface area contributed by atoms with Crippen molar-refractivity contribution in [3.05, 3.63) is 76.7 Å². The van der Waals surface area contributed by atoms with Crippen LogP contribution in [0.3, 0.4) is 0 Å². The first-order valence-electron chi connectivity index (χ1n) is 9.25. The molecule has 1 N–H and O–H groups in total. The van der Waals surface area contributed by atoms with Crippen molar-refractivity contribution in [3.8, 4) is 0 Å². The lowest BCUT2D eigenvalue weighted by Gasteiger charge is -2.07. The lowest BCUT2D eigenvalue weighted by atomic mass is 10.1. The second-order valence-corrected chi connectivity index (χ2v) is 8.75. The number of amides is 1. The highest BCUT2D eigenvalue weighted by Crippen LogP contribution is 2.39. The number of thioether (sulfide) groups is 1. The van der Waals surface area contributed by atoms with Crippen LogP contribution in [0.1, 0.15) is 25.5 Å². The molecule has 1 aliphatic rings. The molecule has 1 saturated carbocycles. The standard InChI is InChI=1S/C21H21FN4O2S2/c1-3-16(29-17-9-10-17)8-7-14(2)19(20(27)25-21-24-12-18(22)30-21)26-28-13-15-6-4-5-11-23-15/h3-8,11-12,17H,1,9-10,13H2,2H3,(H,24,25,27)/b14-7+,16-8+,26-19+. The summed E-state index contributed by atoms with van der Waals surface area (Å²) in [6, 6.07) is 5.43. The fourth-order valence-electron chi connectivity index (χ4n) is 2.23. The number of carbonyl (C=O) groups excluding carboxylic acids is 1. The summed E-state index contributed by atoms with van der Waals surface area (Å²) in [5, 5.41) is 6.87. The first kappa shape index (κ1) is 21.9. The number of anilines is 1. The number of pyridine rings is 1. The van der Waals surface area contributed by atoms with Gasteiger partial charge in [-0.3, -0.25) is 15.1 Å². The van der Waals surface area contributed by atoms with Gasteiger partial charge >= 0.3 is 0 Å².